The molecule has 4 heterocycles. The summed E-state index contributed by atoms with van der Waals surface area (Å²) in [5.74, 6) is -1.71. The molecule has 0 spiro atoms. The van der Waals surface area contributed by atoms with Gasteiger partial charge in [-0.05, 0) is 65.3 Å². The third-order valence-corrected chi connectivity index (χ3v) is 10.8. The number of cyclic esters (lactones) is 1. The Bertz CT molecular complexity index is 1210. The van der Waals surface area contributed by atoms with Crippen LogP contribution in [0.1, 0.15) is 60.8 Å². The van der Waals surface area contributed by atoms with Gasteiger partial charge in [0.25, 0.3) is 0 Å². The van der Waals surface area contributed by atoms with Crippen molar-refractivity contribution in [3.05, 3.63) is 24.3 Å². The zero-order chi connectivity index (χ0) is 37.8. The Hall–Kier alpha value is -1.82. The molecule has 0 aromatic rings. The first kappa shape index (κ1) is 41.9. The molecule has 0 radical (unpaired) electrons. The second-order valence-electron chi connectivity index (χ2n) is 15.0. The summed E-state index contributed by atoms with van der Waals surface area (Å²) in [5.41, 5.74) is -1.86. The summed E-state index contributed by atoms with van der Waals surface area (Å²) in [4.78, 5) is 28.7. The number of epoxide rings is 1. The van der Waals surface area contributed by atoms with Gasteiger partial charge in [0.15, 0.2) is 24.0 Å². The van der Waals surface area contributed by atoms with Gasteiger partial charge in [0.2, 0.25) is 0 Å². The number of ketones is 1. The number of allylic oxidation sites excluding steroid dienone is 1. The number of ether oxygens (including phenoxy) is 8. The predicted octanol–water partition coefficient (Wildman–Crippen LogP) is 1.76. The van der Waals surface area contributed by atoms with Crippen molar-refractivity contribution in [3.8, 4) is 0 Å². The molecule has 0 bridgehead atoms. The van der Waals surface area contributed by atoms with Gasteiger partial charge in [0.05, 0.1) is 24.9 Å². The van der Waals surface area contributed by atoms with Crippen molar-refractivity contribution in [2.45, 2.75) is 146 Å². The molecular weight excluding hydrogens is 666 g/mol. The standard InChI is InChI=1S/C37H61NO13/c1-11-27-37(43,18-46-36-33(45-10)32(44-9)29(41)23(6)48-36)34-26(49-34)14-13-25(39)20(3)16-21(4)31(19(2)12-15-28(40)50-27)51-35-30(42)24(38(7)8)17-22(5)47-35/h12-15,19-24,26-27,29-36,41-43H,11,16-18H2,1-10H3/b14-13-,15-12-/t19-,20+,21-,22+,23+,24-,26+,27+,29+,30+,31+,32+,33+,34-,35-,36+,37-/m0/s1. The molecule has 0 amide bonds. The zero-order valence-corrected chi connectivity index (χ0v) is 31.7. The number of aliphatic hydroxyl groups is 3. The van der Waals surface area contributed by atoms with Crippen LogP contribution in [0.4, 0.5) is 0 Å². The quantitative estimate of drug-likeness (QED) is 0.232. The molecule has 14 heteroatoms. The van der Waals surface area contributed by atoms with E-state index in [4.69, 9.17) is 37.9 Å². The molecule has 4 aliphatic heterocycles. The lowest BCUT2D eigenvalue weighted by molar-refractivity contribution is -0.313. The molecule has 292 valence electrons. The molecule has 51 heavy (non-hydrogen) atoms. The van der Waals surface area contributed by atoms with Gasteiger partial charge in [0.1, 0.15) is 42.7 Å². The number of carbonyl (C=O) groups is 2. The van der Waals surface area contributed by atoms with E-state index in [9.17, 15) is 24.9 Å². The molecule has 4 aliphatic rings. The Morgan fingerprint density at radius 3 is 2.20 bits per heavy atom. The summed E-state index contributed by atoms with van der Waals surface area (Å²) in [6, 6.07) is -0.171. The summed E-state index contributed by atoms with van der Waals surface area (Å²) in [7, 11) is 6.70. The van der Waals surface area contributed by atoms with Crippen molar-refractivity contribution in [1.29, 1.82) is 0 Å². The van der Waals surface area contributed by atoms with Crippen molar-refractivity contribution >= 4 is 11.8 Å². The van der Waals surface area contributed by atoms with Gasteiger partial charge in [-0.2, -0.15) is 0 Å². The van der Waals surface area contributed by atoms with Gasteiger partial charge in [-0.3, -0.25) is 4.79 Å². The predicted molar refractivity (Wildman–Crippen MR) is 184 cm³/mol. The van der Waals surface area contributed by atoms with Gasteiger partial charge >= 0.3 is 5.97 Å². The number of methoxy groups -OCH3 is 2. The molecule has 14 nitrogen and oxygen atoms in total. The van der Waals surface area contributed by atoms with E-state index in [-0.39, 0.29) is 48.7 Å². The van der Waals surface area contributed by atoms with E-state index in [0.29, 0.717) is 12.8 Å². The molecule has 0 aliphatic carbocycles. The van der Waals surface area contributed by atoms with Gasteiger partial charge in [0, 0.05) is 38.2 Å². The summed E-state index contributed by atoms with van der Waals surface area (Å²) < 4.78 is 47.4. The van der Waals surface area contributed by atoms with Crippen molar-refractivity contribution in [2.24, 2.45) is 17.8 Å². The molecule has 3 fully saturated rings. The number of esters is 1. The number of fused-ring (bicyclic) bond motifs is 1. The SMILES string of the molecule is CC[C@H]1OC(=O)/C=C\[C@H](C)[C@@H](O[C@@H]2O[C@H](C)C[C@H](N(C)C)[C@H]2O)[C@@H](C)C[C@@H](C)C(=O)/C=C\[C@H]2O[C@@H]2[C@]1(O)CO[C@@H]1O[C@H](C)[C@@H](O)[C@@H](OC)[C@H]1OC. The third-order valence-electron chi connectivity index (χ3n) is 10.8. The maximum atomic E-state index is 13.4. The minimum atomic E-state index is -1.86. The maximum absolute atomic E-state index is 13.4. The Morgan fingerprint density at radius 1 is 0.882 bits per heavy atom. The molecule has 0 unspecified atom stereocenters. The van der Waals surface area contributed by atoms with Crippen LogP contribution in [0.15, 0.2) is 24.3 Å². The van der Waals surface area contributed by atoms with Crippen LogP contribution in [0.25, 0.3) is 0 Å². The van der Waals surface area contributed by atoms with Crippen LogP contribution in [-0.4, -0.2) is 152 Å². The largest absolute Gasteiger partial charge is 0.456 e. The first-order valence-corrected chi connectivity index (χ1v) is 18.2. The van der Waals surface area contributed by atoms with Crippen molar-refractivity contribution in [3.63, 3.8) is 0 Å². The van der Waals surface area contributed by atoms with Gasteiger partial charge < -0.3 is 58.1 Å². The fourth-order valence-corrected chi connectivity index (χ4v) is 7.69. The molecule has 4 rings (SSSR count). The van der Waals surface area contributed by atoms with E-state index in [2.05, 4.69) is 0 Å². The number of nitrogens with zero attached hydrogens (tertiary/aromatic N) is 1. The lowest BCUT2D eigenvalue weighted by atomic mass is 9.84. The summed E-state index contributed by atoms with van der Waals surface area (Å²) in [5, 5.41) is 34.0. The average Bonchev–Trinajstić information content (AvgIpc) is 3.88. The Balaban J connectivity index is 1.59. The van der Waals surface area contributed by atoms with E-state index in [1.807, 2.05) is 46.7 Å². The minimum Gasteiger partial charge on any atom is -0.456 e. The van der Waals surface area contributed by atoms with E-state index in [1.54, 1.807) is 26.0 Å². The minimum absolute atomic E-state index is 0.115. The number of carbonyl (C=O) groups excluding carboxylic acids is 2. The molecule has 3 N–H and O–H groups in total. The third kappa shape index (κ3) is 9.84. The highest BCUT2D eigenvalue weighted by molar-refractivity contribution is 5.91. The Labute approximate surface area is 302 Å². The summed E-state index contributed by atoms with van der Waals surface area (Å²) in [6.45, 7) is 10.7. The summed E-state index contributed by atoms with van der Waals surface area (Å²) >= 11 is 0. The van der Waals surface area contributed by atoms with Crippen LogP contribution in [0.5, 0.6) is 0 Å². The first-order chi connectivity index (χ1) is 24.1. The molecule has 0 aromatic heterocycles. The molecular formula is C37H61NO13. The van der Waals surface area contributed by atoms with Crippen molar-refractivity contribution in [2.75, 3.05) is 34.9 Å². The molecule has 3 saturated heterocycles. The fraction of sp³-hybridized carbons (Fsp3) is 0.838. The smallest absolute Gasteiger partial charge is 0.330 e. The van der Waals surface area contributed by atoms with Crippen LogP contribution < -0.4 is 0 Å². The highest BCUT2D eigenvalue weighted by atomic mass is 16.7. The van der Waals surface area contributed by atoms with E-state index < -0.39 is 79.1 Å². The van der Waals surface area contributed by atoms with E-state index >= 15 is 0 Å². The number of rotatable bonds is 9. The highest BCUT2D eigenvalue weighted by Gasteiger charge is 2.59. The first-order valence-electron chi connectivity index (χ1n) is 18.2. The normalized spacial score (nSPS) is 47.0. The van der Waals surface area contributed by atoms with Gasteiger partial charge in [-0.15, -0.1) is 0 Å². The lowest BCUT2D eigenvalue weighted by Gasteiger charge is -2.43. The topological polar surface area (TPSA) is 175 Å². The van der Waals surface area contributed by atoms with Crippen LogP contribution in [0.2, 0.25) is 0 Å². The number of hydrogen-bond acceptors (Lipinski definition) is 14. The number of aliphatic hydroxyl groups excluding tert-OH is 2. The van der Waals surface area contributed by atoms with Crippen LogP contribution in [-0.2, 0) is 47.5 Å². The molecule has 0 aromatic carbocycles. The highest BCUT2D eigenvalue weighted by Crippen LogP contribution is 2.40. The molecule has 17 atom stereocenters. The second-order valence-corrected chi connectivity index (χ2v) is 15.0. The van der Waals surface area contributed by atoms with Gasteiger partial charge in [-0.25, -0.2) is 4.79 Å². The summed E-state index contributed by atoms with van der Waals surface area (Å²) in [6.07, 6.45) is -1.95. The number of likely N-dealkylation sites (N-methyl/N-ethyl adjacent to an activating group) is 1. The monoisotopic (exact) mass is 727 g/mol. The van der Waals surface area contributed by atoms with Crippen LogP contribution in [0.3, 0.4) is 0 Å². The Kier molecular flexibility index (Phi) is 14.8. The second kappa shape index (κ2) is 18.0. The van der Waals surface area contributed by atoms with Crippen LogP contribution in [0, 0.1) is 17.8 Å². The lowest BCUT2D eigenvalue weighted by Crippen LogP contribution is -2.60. The zero-order valence-electron chi connectivity index (χ0n) is 31.7. The average molecular weight is 728 g/mol. The van der Waals surface area contributed by atoms with Crippen LogP contribution >= 0.6 is 0 Å². The fourth-order valence-electron chi connectivity index (χ4n) is 7.69. The Morgan fingerprint density at radius 2 is 1.57 bits per heavy atom. The van der Waals surface area contributed by atoms with E-state index in [1.165, 1.54) is 26.4 Å². The molecule has 0 saturated carbocycles. The maximum Gasteiger partial charge on any atom is 0.330 e. The van der Waals surface area contributed by atoms with E-state index in [0.717, 1.165) is 0 Å². The van der Waals surface area contributed by atoms with Crippen molar-refractivity contribution in [1.82, 2.24) is 4.90 Å². The number of hydrogen-bond donors (Lipinski definition) is 3. The van der Waals surface area contributed by atoms with Gasteiger partial charge in [-0.1, -0.05) is 33.8 Å². The van der Waals surface area contributed by atoms with Crippen molar-refractivity contribution < 1.29 is 62.8 Å².